The van der Waals surface area contributed by atoms with Crippen molar-refractivity contribution in [2.45, 2.75) is 6.18 Å². The fourth-order valence-electron chi connectivity index (χ4n) is 2.03. The Hall–Kier alpha value is -2.63. The van der Waals surface area contributed by atoms with E-state index >= 15 is 0 Å². The maximum absolute atomic E-state index is 13.4. The van der Waals surface area contributed by atoms with Crippen molar-refractivity contribution in [2.75, 3.05) is 7.05 Å². The third kappa shape index (κ3) is 4.18. The first-order chi connectivity index (χ1) is 10.8. The van der Waals surface area contributed by atoms with E-state index in [-0.39, 0.29) is 0 Å². The lowest BCUT2D eigenvalue weighted by atomic mass is 9.96. The minimum atomic E-state index is -4.44. The summed E-state index contributed by atoms with van der Waals surface area (Å²) in [5, 5.41) is 2.40. The van der Waals surface area contributed by atoms with E-state index in [1.54, 1.807) is 6.07 Å². The Morgan fingerprint density at radius 2 is 1.70 bits per heavy atom. The standard InChI is InChI=1S/C17H13F4NO/c1-22-16(23)10-15(12-3-2-4-14(18)9-12)11-5-7-13(8-6-11)17(19,20)21/h2-10H,1H3,(H,22,23)/b15-10+. The van der Waals surface area contributed by atoms with Gasteiger partial charge in [0.25, 0.3) is 0 Å². The largest absolute Gasteiger partial charge is 0.416 e. The summed E-state index contributed by atoms with van der Waals surface area (Å²) in [6.45, 7) is 0. The van der Waals surface area contributed by atoms with Gasteiger partial charge < -0.3 is 5.32 Å². The summed E-state index contributed by atoms with van der Waals surface area (Å²) in [6, 6.07) is 9.85. The number of rotatable bonds is 3. The highest BCUT2D eigenvalue weighted by atomic mass is 19.4. The summed E-state index contributed by atoms with van der Waals surface area (Å²) in [5.41, 5.74) is 0.318. The second-order valence-corrected chi connectivity index (χ2v) is 4.76. The van der Waals surface area contributed by atoms with Crippen molar-refractivity contribution >= 4 is 11.5 Å². The van der Waals surface area contributed by atoms with Gasteiger partial charge in [0.1, 0.15) is 5.82 Å². The minimum absolute atomic E-state index is 0.331. The van der Waals surface area contributed by atoms with Crippen molar-refractivity contribution in [1.29, 1.82) is 0 Å². The smallest absolute Gasteiger partial charge is 0.356 e. The molecule has 0 aliphatic rings. The number of amides is 1. The molecule has 0 fully saturated rings. The van der Waals surface area contributed by atoms with E-state index in [4.69, 9.17) is 0 Å². The lowest BCUT2D eigenvalue weighted by Crippen LogP contribution is -2.15. The number of likely N-dealkylation sites (N-methyl/N-ethyl adjacent to an activating group) is 1. The third-order valence-electron chi connectivity index (χ3n) is 3.18. The SMILES string of the molecule is CNC(=O)/C=C(\c1ccc(C(F)(F)F)cc1)c1cccc(F)c1. The number of nitrogens with one attached hydrogen (secondary N) is 1. The molecule has 0 aliphatic carbocycles. The molecule has 0 unspecified atom stereocenters. The Balaban J connectivity index is 2.50. The number of hydrogen-bond donors (Lipinski definition) is 1. The van der Waals surface area contributed by atoms with E-state index in [0.717, 1.165) is 12.1 Å². The van der Waals surface area contributed by atoms with Gasteiger partial charge in [-0.2, -0.15) is 13.2 Å². The highest BCUT2D eigenvalue weighted by Crippen LogP contribution is 2.31. The summed E-state index contributed by atoms with van der Waals surface area (Å²) in [5.74, 6) is -0.943. The molecule has 6 heteroatoms. The van der Waals surface area contributed by atoms with E-state index in [1.165, 1.54) is 43.5 Å². The van der Waals surface area contributed by atoms with Crippen molar-refractivity contribution < 1.29 is 22.4 Å². The molecule has 0 radical (unpaired) electrons. The molecule has 0 saturated heterocycles. The number of halogens is 4. The van der Waals surface area contributed by atoms with Crippen LogP contribution in [0.4, 0.5) is 17.6 Å². The van der Waals surface area contributed by atoms with Crippen LogP contribution in [0.1, 0.15) is 16.7 Å². The fourth-order valence-corrected chi connectivity index (χ4v) is 2.03. The number of carbonyl (C=O) groups is 1. The molecule has 2 aromatic rings. The van der Waals surface area contributed by atoms with Crippen LogP contribution in [0.2, 0.25) is 0 Å². The normalized spacial score (nSPS) is 12.1. The van der Waals surface area contributed by atoms with Gasteiger partial charge >= 0.3 is 6.18 Å². The number of alkyl halides is 3. The molecule has 0 saturated carbocycles. The number of carbonyl (C=O) groups excluding carboxylic acids is 1. The van der Waals surface area contributed by atoms with Gasteiger partial charge in [-0.25, -0.2) is 4.39 Å². The van der Waals surface area contributed by atoms with Gasteiger partial charge in [0.15, 0.2) is 0 Å². The molecule has 2 aromatic carbocycles. The molecule has 120 valence electrons. The molecule has 0 aliphatic heterocycles. The van der Waals surface area contributed by atoms with Crippen LogP contribution in [0.15, 0.2) is 54.6 Å². The maximum Gasteiger partial charge on any atom is 0.416 e. The van der Waals surface area contributed by atoms with Crippen LogP contribution in [0.3, 0.4) is 0 Å². The predicted octanol–water partition coefficient (Wildman–Crippen LogP) is 4.02. The minimum Gasteiger partial charge on any atom is -0.356 e. The summed E-state index contributed by atoms with van der Waals surface area (Å²) < 4.78 is 51.3. The van der Waals surface area contributed by atoms with Crippen molar-refractivity contribution in [1.82, 2.24) is 5.32 Å². The van der Waals surface area contributed by atoms with E-state index in [2.05, 4.69) is 5.32 Å². The van der Waals surface area contributed by atoms with Crippen LogP contribution in [-0.2, 0) is 11.0 Å². The van der Waals surface area contributed by atoms with Gasteiger partial charge in [-0.1, -0.05) is 24.3 Å². The van der Waals surface area contributed by atoms with Gasteiger partial charge in [0, 0.05) is 13.1 Å². The van der Waals surface area contributed by atoms with Crippen molar-refractivity contribution in [3.63, 3.8) is 0 Å². The average Bonchev–Trinajstić information content (AvgIpc) is 2.51. The van der Waals surface area contributed by atoms with Crippen molar-refractivity contribution in [3.05, 3.63) is 77.1 Å². The molecule has 0 atom stereocenters. The zero-order valence-electron chi connectivity index (χ0n) is 12.1. The number of benzene rings is 2. The van der Waals surface area contributed by atoms with Gasteiger partial charge in [-0.3, -0.25) is 4.79 Å². The van der Waals surface area contributed by atoms with Crippen LogP contribution in [-0.4, -0.2) is 13.0 Å². The Labute approximate surface area is 130 Å². The Kier molecular flexibility index (Phi) is 4.83. The highest BCUT2D eigenvalue weighted by molar-refractivity contribution is 5.99. The molecular weight excluding hydrogens is 310 g/mol. The molecular formula is C17H13F4NO. The molecule has 2 nitrogen and oxygen atoms in total. The molecule has 0 bridgehead atoms. The molecule has 1 amide bonds. The summed E-state index contributed by atoms with van der Waals surface area (Å²) in [6.07, 6.45) is -3.22. The van der Waals surface area contributed by atoms with Gasteiger partial charge in [-0.15, -0.1) is 0 Å². The quantitative estimate of drug-likeness (QED) is 0.671. The first-order valence-corrected chi connectivity index (χ1v) is 6.68. The van der Waals surface area contributed by atoms with Gasteiger partial charge in [0.2, 0.25) is 5.91 Å². The molecule has 0 heterocycles. The molecule has 0 aromatic heterocycles. The summed E-state index contributed by atoms with van der Waals surface area (Å²) >= 11 is 0. The van der Waals surface area contributed by atoms with E-state index in [0.29, 0.717) is 16.7 Å². The first kappa shape index (κ1) is 16.7. The lowest BCUT2D eigenvalue weighted by molar-refractivity contribution is -0.137. The first-order valence-electron chi connectivity index (χ1n) is 6.68. The lowest BCUT2D eigenvalue weighted by Gasteiger charge is -2.11. The monoisotopic (exact) mass is 323 g/mol. The van der Waals surface area contributed by atoms with Crippen LogP contribution >= 0.6 is 0 Å². The maximum atomic E-state index is 13.4. The van der Waals surface area contributed by atoms with Crippen LogP contribution in [0, 0.1) is 5.82 Å². The Bertz CT molecular complexity index is 733. The fraction of sp³-hybridized carbons (Fsp3) is 0.118. The van der Waals surface area contributed by atoms with Crippen molar-refractivity contribution in [2.24, 2.45) is 0 Å². The second-order valence-electron chi connectivity index (χ2n) is 4.76. The highest BCUT2D eigenvalue weighted by Gasteiger charge is 2.30. The van der Waals surface area contributed by atoms with E-state index in [1.807, 2.05) is 0 Å². The molecule has 2 rings (SSSR count). The third-order valence-corrected chi connectivity index (χ3v) is 3.18. The zero-order valence-corrected chi connectivity index (χ0v) is 12.1. The average molecular weight is 323 g/mol. The van der Waals surface area contributed by atoms with E-state index < -0.39 is 23.5 Å². The summed E-state index contributed by atoms with van der Waals surface area (Å²) in [7, 11) is 1.43. The topological polar surface area (TPSA) is 29.1 Å². The summed E-state index contributed by atoms with van der Waals surface area (Å²) in [4.78, 5) is 11.6. The molecule has 1 N–H and O–H groups in total. The zero-order chi connectivity index (χ0) is 17.0. The second kappa shape index (κ2) is 6.64. The molecule has 0 spiro atoms. The Morgan fingerprint density at radius 1 is 1.04 bits per heavy atom. The predicted molar refractivity (Wildman–Crippen MR) is 79.0 cm³/mol. The van der Waals surface area contributed by atoms with Crippen LogP contribution in [0.5, 0.6) is 0 Å². The van der Waals surface area contributed by atoms with Crippen LogP contribution < -0.4 is 5.32 Å². The number of hydrogen-bond acceptors (Lipinski definition) is 1. The van der Waals surface area contributed by atoms with Gasteiger partial charge in [0.05, 0.1) is 5.56 Å². The van der Waals surface area contributed by atoms with E-state index in [9.17, 15) is 22.4 Å². The van der Waals surface area contributed by atoms with Gasteiger partial charge in [-0.05, 0) is 41.0 Å². The van der Waals surface area contributed by atoms with Crippen molar-refractivity contribution in [3.8, 4) is 0 Å². The Morgan fingerprint density at radius 3 is 2.22 bits per heavy atom. The molecule has 23 heavy (non-hydrogen) atoms. The van der Waals surface area contributed by atoms with Crippen LogP contribution in [0.25, 0.3) is 5.57 Å².